The van der Waals surface area contributed by atoms with Crippen LogP contribution in [0.3, 0.4) is 0 Å². The fourth-order valence-corrected chi connectivity index (χ4v) is 2.07. The van der Waals surface area contributed by atoms with Crippen molar-refractivity contribution < 1.29 is 5.11 Å². The standard InChI is InChI=1S/C15H23O/c1-5-6-7-11-15(3,4)13-10-8-9-12(2)14(13)16/h9-10,16H,5-7,11H2,1-4H3. The Hall–Kier alpha value is -0.980. The molecule has 1 N–H and O–H groups in total. The molecule has 1 nitrogen and oxygen atoms in total. The monoisotopic (exact) mass is 219 g/mol. The molecule has 1 heteroatoms. The Morgan fingerprint density at radius 3 is 2.56 bits per heavy atom. The molecular weight excluding hydrogens is 196 g/mol. The summed E-state index contributed by atoms with van der Waals surface area (Å²) in [5.74, 6) is 0.445. The van der Waals surface area contributed by atoms with Gasteiger partial charge >= 0.3 is 0 Å². The minimum Gasteiger partial charge on any atom is -0.507 e. The number of aromatic hydroxyl groups is 1. The summed E-state index contributed by atoms with van der Waals surface area (Å²) in [5, 5.41) is 10.1. The summed E-state index contributed by atoms with van der Waals surface area (Å²) in [7, 11) is 0. The highest BCUT2D eigenvalue weighted by Crippen LogP contribution is 2.36. The van der Waals surface area contributed by atoms with Gasteiger partial charge in [0, 0.05) is 5.56 Å². The molecule has 0 unspecified atom stereocenters. The average Bonchev–Trinajstić information content (AvgIpc) is 2.22. The van der Waals surface area contributed by atoms with Crippen LogP contribution in [0, 0.1) is 13.0 Å². The Morgan fingerprint density at radius 1 is 1.25 bits per heavy atom. The molecule has 0 saturated heterocycles. The van der Waals surface area contributed by atoms with Gasteiger partial charge in [-0.05, 0) is 42.5 Å². The molecule has 1 aromatic carbocycles. The molecule has 1 radical (unpaired) electrons. The highest BCUT2D eigenvalue weighted by Gasteiger charge is 2.23. The molecule has 0 spiro atoms. The van der Waals surface area contributed by atoms with E-state index in [2.05, 4.69) is 26.8 Å². The van der Waals surface area contributed by atoms with Crippen LogP contribution in [0.1, 0.15) is 57.6 Å². The Morgan fingerprint density at radius 2 is 1.94 bits per heavy atom. The van der Waals surface area contributed by atoms with Crippen LogP contribution < -0.4 is 0 Å². The third-order valence-electron chi connectivity index (χ3n) is 3.29. The van der Waals surface area contributed by atoms with Crippen molar-refractivity contribution in [3.63, 3.8) is 0 Å². The van der Waals surface area contributed by atoms with Gasteiger partial charge in [0.1, 0.15) is 5.75 Å². The molecule has 1 rings (SSSR count). The van der Waals surface area contributed by atoms with E-state index in [0.717, 1.165) is 17.5 Å². The second-order valence-corrected chi connectivity index (χ2v) is 5.24. The molecule has 89 valence electrons. The van der Waals surface area contributed by atoms with Crippen LogP contribution in [0.25, 0.3) is 0 Å². The average molecular weight is 219 g/mol. The Kier molecular flexibility index (Phi) is 4.40. The van der Waals surface area contributed by atoms with E-state index < -0.39 is 0 Å². The number of hydrogen-bond acceptors (Lipinski definition) is 1. The maximum atomic E-state index is 10.1. The minimum absolute atomic E-state index is 0.0434. The van der Waals surface area contributed by atoms with Gasteiger partial charge in [0.15, 0.2) is 0 Å². The molecule has 0 aromatic heterocycles. The van der Waals surface area contributed by atoms with Gasteiger partial charge in [-0.3, -0.25) is 0 Å². The number of unbranched alkanes of at least 4 members (excludes halogenated alkanes) is 2. The quantitative estimate of drug-likeness (QED) is 0.729. The number of aryl methyl sites for hydroxylation is 1. The summed E-state index contributed by atoms with van der Waals surface area (Å²) in [6, 6.07) is 6.87. The van der Waals surface area contributed by atoms with Crippen molar-refractivity contribution in [1.29, 1.82) is 0 Å². The molecule has 0 heterocycles. The first-order valence-corrected chi connectivity index (χ1v) is 6.19. The van der Waals surface area contributed by atoms with Crippen molar-refractivity contribution >= 4 is 0 Å². The molecule has 0 aliphatic heterocycles. The molecule has 0 aliphatic rings. The first-order valence-electron chi connectivity index (χ1n) is 6.19. The van der Waals surface area contributed by atoms with E-state index in [0.29, 0.717) is 5.75 Å². The van der Waals surface area contributed by atoms with E-state index in [1.807, 2.05) is 19.1 Å². The predicted molar refractivity (Wildman–Crippen MR) is 68.8 cm³/mol. The van der Waals surface area contributed by atoms with Gasteiger partial charge < -0.3 is 5.11 Å². The zero-order valence-corrected chi connectivity index (χ0v) is 10.9. The van der Waals surface area contributed by atoms with Crippen LogP contribution in [-0.4, -0.2) is 5.11 Å². The van der Waals surface area contributed by atoms with Gasteiger partial charge in [0.25, 0.3) is 0 Å². The summed E-state index contributed by atoms with van der Waals surface area (Å²) in [6.07, 6.45) is 4.84. The SMILES string of the molecule is CCCCCC(C)(C)c1c[c]cc(C)c1O. The first kappa shape index (κ1) is 13.1. The van der Waals surface area contributed by atoms with E-state index in [4.69, 9.17) is 0 Å². The minimum atomic E-state index is 0.0434. The molecule has 0 aliphatic carbocycles. The van der Waals surface area contributed by atoms with Gasteiger partial charge in [-0.15, -0.1) is 0 Å². The first-order chi connectivity index (χ1) is 7.49. The lowest BCUT2D eigenvalue weighted by atomic mass is 9.79. The van der Waals surface area contributed by atoms with Gasteiger partial charge in [-0.2, -0.15) is 0 Å². The van der Waals surface area contributed by atoms with Crippen molar-refractivity contribution in [2.75, 3.05) is 0 Å². The summed E-state index contributed by atoms with van der Waals surface area (Å²) in [4.78, 5) is 0. The van der Waals surface area contributed by atoms with E-state index in [9.17, 15) is 5.11 Å². The Labute approximate surface area is 99.5 Å². The highest BCUT2D eigenvalue weighted by atomic mass is 16.3. The Bertz CT molecular complexity index is 339. The van der Waals surface area contributed by atoms with Crippen molar-refractivity contribution in [3.8, 4) is 5.75 Å². The van der Waals surface area contributed by atoms with Crippen molar-refractivity contribution in [2.24, 2.45) is 0 Å². The van der Waals surface area contributed by atoms with E-state index in [-0.39, 0.29) is 5.41 Å². The fourth-order valence-electron chi connectivity index (χ4n) is 2.07. The zero-order chi connectivity index (χ0) is 12.2. The molecule has 0 fully saturated rings. The molecular formula is C15H23O. The third kappa shape index (κ3) is 3.01. The largest absolute Gasteiger partial charge is 0.507 e. The normalized spacial score (nSPS) is 11.8. The van der Waals surface area contributed by atoms with E-state index >= 15 is 0 Å². The molecule has 0 saturated carbocycles. The topological polar surface area (TPSA) is 20.2 Å². The van der Waals surface area contributed by atoms with Crippen LogP contribution in [0.15, 0.2) is 12.1 Å². The smallest absolute Gasteiger partial charge is 0.122 e. The number of phenolic OH excluding ortho intramolecular Hbond substituents is 1. The van der Waals surface area contributed by atoms with Crippen LogP contribution in [0.2, 0.25) is 0 Å². The van der Waals surface area contributed by atoms with Crippen LogP contribution in [0.5, 0.6) is 5.75 Å². The molecule has 0 bridgehead atoms. The molecule has 16 heavy (non-hydrogen) atoms. The number of rotatable bonds is 5. The van der Waals surface area contributed by atoms with Crippen LogP contribution in [0.4, 0.5) is 0 Å². The van der Waals surface area contributed by atoms with Crippen molar-refractivity contribution in [3.05, 3.63) is 29.3 Å². The summed E-state index contributed by atoms with van der Waals surface area (Å²) in [5.41, 5.74) is 1.99. The van der Waals surface area contributed by atoms with Crippen LogP contribution >= 0.6 is 0 Å². The Balaban J connectivity index is 2.84. The maximum Gasteiger partial charge on any atom is 0.122 e. The number of benzene rings is 1. The summed E-state index contributed by atoms with van der Waals surface area (Å²) < 4.78 is 0. The lowest BCUT2D eigenvalue weighted by molar-refractivity contribution is 0.406. The fraction of sp³-hybridized carbons (Fsp3) is 0.600. The molecule has 0 amide bonds. The van der Waals surface area contributed by atoms with Crippen molar-refractivity contribution in [2.45, 2.75) is 58.8 Å². The van der Waals surface area contributed by atoms with E-state index in [1.54, 1.807) is 0 Å². The highest BCUT2D eigenvalue weighted by molar-refractivity contribution is 5.43. The van der Waals surface area contributed by atoms with Gasteiger partial charge in [-0.1, -0.05) is 40.0 Å². The second-order valence-electron chi connectivity index (χ2n) is 5.24. The van der Waals surface area contributed by atoms with Crippen LogP contribution in [-0.2, 0) is 5.41 Å². The van der Waals surface area contributed by atoms with Crippen molar-refractivity contribution in [1.82, 2.24) is 0 Å². The van der Waals surface area contributed by atoms with Gasteiger partial charge in [0.2, 0.25) is 0 Å². The maximum absolute atomic E-state index is 10.1. The van der Waals surface area contributed by atoms with E-state index in [1.165, 1.54) is 19.3 Å². The molecule has 1 aromatic rings. The molecule has 0 atom stereocenters. The lowest BCUT2D eigenvalue weighted by Crippen LogP contribution is -2.17. The summed E-state index contributed by atoms with van der Waals surface area (Å²) in [6.45, 7) is 8.54. The second kappa shape index (κ2) is 5.38. The lowest BCUT2D eigenvalue weighted by Gasteiger charge is -2.26. The predicted octanol–water partition coefficient (Wildman–Crippen LogP) is 4.36. The third-order valence-corrected chi connectivity index (χ3v) is 3.29. The number of hydrogen-bond donors (Lipinski definition) is 1. The zero-order valence-electron chi connectivity index (χ0n) is 10.9. The van der Waals surface area contributed by atoms with Gasteiger partial charge in [-0.25, -0.2) is 0 Å². The van der Waals surface area contributed by atoms with Gasteiger partial charge in [0.05, 0.1) is 0 Å². The summed E-state index contributed by atoms with van der Waals surface area (Å²) >= 11 is 0. The number of phenols is 1.